The average molecular weight is 302 g/mol. The van der Waals surface area contributed by atoms with E-state index in [2.05, 4.69) is 0 Å². The third-order valence-electron chi connectivity index (χ3n) is 4.67. The summed E-state index contributed by atoms with van der Waals surface area (Å²) < 4.78 is 5.20. The maximum atomic E-state index is 12.0. The Morgan fingerprint density at radius 3 is 2.14 bits per heavy atom. The van der Waals surface area contributed by atoms with Gasteiger partial charge in [-0.2, -0.15) is 0 Å². The molecule has 0 saturated heterocycles. The molecule has 1 aliphatic rings. The molecule has 6 nitrogen and oxygen atoms in total. The number of aliphatic carboxylic acids is 1. The zero-order valence-corrected chi connectivity index (χ0v) is 12.6. The number of carboxylic acid groups (broad SMARTS) is 1. The van der Waals surface area contributed by atoms with Crippen LogP contribution >= 0.6 is 0 Å². The highest BCUT2D eigenvalue weighted by Crippen LogP contribution is 2.44. The second kappa shape index (κ2) is 7.75. The summed E-state index contributed by atoms with van der Waals surface area (Å²) in [5.41, 5.74) is -1.30. The normalized spacial score (nSPS) is 17.7. The van der Waals surface area contributed by atoms with Crippen LogP contribution in [0.5, 0.6) is 0 Å². The Balaban J connectivity index is 2.57. The molecule has 1 rings (SSSR count). The number of hydrogen-bond donors (Lipinski definition) is 3. The molecule has 1 fully saturated rings. The first-order valence-corrected chi connectivity index (χ1v) is 7.50. The van der Waals surface area contributed by atoms with Crippen LogP contribution in [-0.4, -0.2) is 47.1 Å². The van der Waals surface area contributed by atoms with E-state index >= 15 is 0 Å². The van der Waals surface area contributed by atoms with Gasteiger partial charge in [0.2, 0.25) is 0 Å². The van der Waals surface area contributed by atoms with E-state index in [-0.39, 0.29) is 32.7 Å². The number of aliphatic hydroxyl groups is 2. The number of aliphatic hydroxyl groups excluding tert-OH is 2. The second-order valence-electron chi connectivity index (χ2n) is 6.28. The van der Waals surface area contributed by atoms with E-state index in [4.69, 9.17) is 9.84 Å². The van der Waals surface area contributed by atoms with E-state index in [1.807, 2.05) is 6.92 Å². The van der Waals surface area contributed by atoms with Crippen LogP contribution in [0.3, 0.4) is 0 Å². The van der Waals surface area contributed by atoms with E-state index in [1.54, 1.807) is 0 Å². The molecule has 0 aromatic heterocycles. The maximum absolute atomic E-state index is 12.0. The summed E-state index contributed by atoms with van der Waals surface area (Å²) in [5, 5.41) is 27.6. The number of hydrogen-bond acceptors (Lipinski definition) is 5. The molecule has 0 aromatic carbocycles. The average Bonchev–Trinajstić information content (AvgIpc) is 2.88. The molecule has 0 heterocycles. The van der Waals surface area contributed by atoms with Crippen molar-refractivity contribution in [3.8, 4) is 0 Å². The van der Waals surface area contributed by atoms with Crippen LogP contribution in [0, 0.1) is 10.8 Å². The molecule has 1 saturated carbocycles. The zero-order valence-electron chi connectivity index (χ0n) is 12.6. The Labute approximate surface area is 125 Å². The SMILES string of the molecule is CCC(CO)(CO)COC(=O)CC1(CC(=O)O)CCCC1. The Hall–Kier alpha value is -1.14. The topological polar surface area (TPSA) is 104 Å². The predicted molar refractivity (Wildman–Crippen MR) is 75.6 cm³/mol. The highest BCUT2D eigenvalue weighted by atomic mass is 16.5. The van der Waals surface area contributed by atoms with Crippen LogP contribution in [0.15, 0.2) is 0 Å². The third kappa shape index (κ3) is 4.97. The molecule has 0 spiro atoms. The number of carbonyl (C=O) groups is 2. The van der Waals surface area contributed by atoms with Crippen LogP contribution in [0.1, 0.15) is 51.9 Å². The molecule has 1 aliphatic carbocycles. The summed E-state index contributed by atoms with van der Waals surface area (Å²) >= 11 is 0. The van der Waals surface area contributed by atoms with Crippen molar-refractivity contribution in [2.45, 2.75) is 51.9 Å². The third-order valence-corrected chi connectivity index (χ3v) is 4.67. The molecule has 0 aliphatic heterocycles. The smallest absolute Gasteiger partial charge is 0.306 e. The van der Waals surface area contributed by atoms with Gasteiger partial charge >= 0.3 is 11.9 Å². The van der Waals surface area contributed by atoms with E-state index in [0.717, 1.165) is 25.7 Å². The lowest BCUT2D eigenvalue weighted by Gasteiger charge is -2.29. The van der Waals surface area contributed by atoms with Gasteiger partial charge in [-0.15, -0.1) is 0 Å². The van der Waals surface area contributed by atoms with Crippen LogP contribution in [-0.2, 0) is 14.3 Å². The summed E-state index contributed by atoms with van der Waals surface area (Å²) in [6.07, 6.45) is 3.91. The lowest BCUT2D eigenvalue weighted by molar-refractivity contribution is -0.153. The highest BCUT2D eigenvalue weighted by Gasteiger charge is 2.39. The van der Waals surface area contributed by atoms with Crippen molar-refractivity contribution >= 4 is 11.9 Å². The van der Waals surface area contributed by atoms with Gasteiger partial charge in [-0.1, -0.05) is 19.8 Å². The largest absolute Gasteiger partial charge is 0.481 e. The van der Waals surface area contributed by atoms with Crippen LogP contribution in [0.25, 0.3) is 0 Å². The van der Waals surface area contributed by atoms with E-state index in [0.29, 0.717) is 6.42 Å². The van der Waals surface area contributed by atoms with Crippen molar-refractivity contribution in [3.63, 3.8) is 0 Å². The predicted octanol–water partition coefficient (Wildman–Crippen LogP) is 1.34. The fourth-order valence-electron chi connectivity index (χ4n) is 2.92. The molecule has 0 atom stereocenters. The number of carboxylic acids is 1. The standard InChI is InChI=1S/C15H26O6/c1-2-14(9-16,10-17)11-21-13(20)8-15(7-12(18)19)5-3-4-6-15/h16-17H,2-11H2,1H3,(H,18,19). The second-order valence-corrected chi connectivity index (χ2v) is 6.28. The van der Waals surface area contributed by atoms with Crippen molar-refractivity contribution in [2.24, 2.45) is 10.8 Å². The first kappa shape index (κ1) is 17.9. The van der Waals surface area contributed by atoms with E-state index in [1.165, 1.54) is 0 Å². The van der Waals surface area contributed by atoms with Gasteiger partial charge in [0.1, 0.15) is 6.61 Å². The van der Waals surface area contributed by atoms with Crippen molar-refractivity contribution in [1.29, 1.82) is 0 Å². The Morgan fingerprint density at radius 2 is 1.71 bits per heavy atom. The summed E-state index contributed by atoms with van der Waals surface area (Å²) in [6.45, 7) is 1.25. The zero-order chi connectivity index (χ0) is 15.9. The molecule has 6 heteroatoms. The molecular weight excluding hydrogens is 276 g/mol. The molecule has 122 valence electrons. The van der Waals surface area contributed by atoms with Gasteiger partial charge in [0.15, 0.2) is 0 Å². The molecule has 0 radical (unpaired) electrons. The van der Waals surface area contributed by atoms with Crippen LogP contribution in [0.4, 0.5) is 0 Å². The number of ether oxygens (including phenoxy) is 1. The molecule has 21 heavy (non-hydrogen) atoms. The summed E-state index contributed by atoms with van der Waals surface area (Å²) in [7, 11) is 0. The van der Waals surface area contributed by atoms with Crippen molar-refractivity contribution in [3.05, 3.63) is 0 Å². The fourth-order valence-corrected chi connectivity index (χ4v) is 2.92. The Kier molecular flexibility index (Phi) is 6.61. The minimum absolute atomic E-state index is 0.0129. The van der Waals surface area contributed by atoms with Gasteiger partial charge < -0.3 is 20.1 Å². The molecule has 0 bridgehead atoms. The summed E-state index contributed by atoms with van der Waals surface area (Å²) in [4.78, 5) is 23.0. The number of rotatable bonds is 9. The van der Waals surface area contributed by atoms with Gasteiger partial charge in [-0.05, 0) is 24.7 Å². The van der Waals surface area contributed by atoms with Crippen molar-refractivity contribution in [1.82, 2.24) is 0 Å². The minimum atomic E-state index is -0.890. The first-order chi connectivity index (χ1) is 9.91. The molecular formula is C15H26O6. The maximum Gasteiger partial charge on any atom is 0.306 e. The van der Waals surface area contributed by atoms with Gasteiger partial charge in [0.25, 0.3) is 0 Å². The van der Waals surface area contributed by atoms with Crippen molar-refractivity contribution in [2.75, 3.05) is 19.8 Å². The summed E-state index contributed by atoms with van der Waals surface area (Å²) in [5.74, 6) is -1.34. The number of carbonyl (C=O) groups excluding carboxylic acids is 1. The van der Waals surface area contributed by atoms with Crippen LogP contribution in [0.2, 0.25) is 0 Å². The van der Waals surface area contributed by atoms with E-state index in [9.17, 15) is 19.8 Å². The molecule has 3 N–H and O–H groups in total. The fraction of sp³-hybridized carbons (Fsp3) is 0.867. The molecule has 0 amide bonds. The van der Waals surface area contributed by atoms with Gasteiger partial charge in [0, 0.05) is 0 Å². The first-order valence-electron chi connectivity index (χ1n) is 7.50. The molecule has 0 aromatic rings. The van der Waals surface area contributed by atoms with Crippen LogP contribution < -0.4 is 0 Å². The van der Waals surface area contributed by atoms with E-state index < -0.39 is 22.8 Å². The molecule has 0 unspecified atom stereocenters. The van der Waals surface area contributed by atoms with Crippen molar-refractivity contribution < 1.29 is 29.6 Å². The Bertz CT molecular complexity index is 347. The lowest BCUT2D eigenvalue weighted by Crippen LogP contribution is -2.36. The summed E-state index contributed by atoms with van der Waals surface area (Å²) in [6, 6.07) is 0. The minimum Gasteiger partial charge on any atom is -0.481 e. The van der Waals surface area contributed by atoms with Gasteiger partial charge in [-0.3, -0.25) is 9.59 Å². The van der Waals surface area contributed by atoms with Gasteiger partial charge in [0.05, 0.1) is 31.5 Å². The van der Waals surface area contributed by atoms with Gasteiger partial charge in [-0.25, -0.2) is 0 Å². The highest BCUT2D eigenvalue weighted by molar-refractivity contribution is 5.73. The number of esters is 1. The lowest BCUT2D eigenvalue weighted by atomic mass is 9.79. The monoisotopic (exact) mass is 302 g/mol. The Morgan fingerprint density at radius 1 is 1.14 bits per heavy atom. The quantitative estimate of drug-likeness (QED) is 0.555.